The molecule has 1 N–H and O–H groups in total. The van der Waals surface area contributed by atoms with Crippen molar-refractivity contribution in [3.63, 3.8) is 0 Å². The lowest BCUT2D eigenvalue weighted by atomic mass is 9.98. The third kappa shape index (κ3) is 3.26. The van der Waals surface area contributed by atoms with Gasteiger partial charge in [0, 0.05) is 6.04 Å². The van der Waals surface area contributed by atoms with Gasteiger partial charge in [0.1, 0.15) is 5.82 Å². The monoisotopic (exact) mass is 271 g/mol. The lowest BCUT2D eigenvalue weighted by Gasteiger charge is -2.14. The molecule has 2 rings (SSSR count). The first-order chi connectivity index (χ1) is 9.63. The van der Waals surface area contributed by atoms with Crippen molar-refractivity contribution >= 4 is 0 Å². The van der Waals surface area contributed by atoms with Crippen molar-refractivity contribution in [1.82, 2.24) is 5.32 Å². The average Bonchev–Trinajstić information content (AvgIpc) is 2.48. The van der Waals surface area contributed by atoms with Crippen LogP contribution in [-0.2, 0) is 0 Å². The lowest BCUT2D eigenvalue weighted by Crippen LogP contribution is -2.19. The average molecular weight is 271 g/mol. The minimum absolute atomic E-state index is 0.149. The molecule has 2 aromatic carbocycles. The highest BCUT2D eigenvalue weighted by atomic mass is 19.1. The Morgan fingerprint density at radius 3 is 2.45 bits per heavy atom. The van der Waals surface area contributed by atoms with Gasteiger partial charge >= 0.3 is 0 Å². The largest absolute Gasteiger partial charge is 0.310 e. The molecule has 0 fully saturated rings. The molecule has 0 spiro atoms. The van der Waals surface area contributed by atoms with E-state index in [-0.39, 0.29) is 5.82 Å². The van der Waals surface area contributed by atoms with E-state index in [0.29, 0.717) is 11.6 Å². The number of hydrogen-bond donors (Lipinski definition) is 1. The number of rotatable bonds is 5. The van der Waals surface area contributed by atoms with Crippen molar-refractivity contribution in [2.75, 3.05) is 6.54 Å². The van der Waals surface area contributed by atoms with Gasteiger partial charge in [-0.25, -0.2) is 4.39 Å². The number of benzene rings is 2. The highest BCUT2D eigenvalue weighted by molar-refractivity contribution is 5.67. The standard InChI is InChI=1S/C18H22FN/c1-4-12-20-14(3)15-8-10-16(11-9-15)17-6-5-7-18(19)13(17)2/h5-11,14,20H,4,12H2,1-3H3. The second-order valence-electron chi connectivity index (χ2n) is 5.21. The molecule has 106 valence electrons. The Bertz CT molecular complexity index is 560. The van der Waals surface area contributed by atoms with Crippen LogP contribution in [0.25, 0.3) is 11.1 Å². The van der Waals surface area contributed by atoms with Crippen LogP contribution in [0.1, 0.15) is 37.4 Å². The first-order valence-corrected chi connectivity index (χ1v) is 7.22. The van der Waals surface area contributed by atoms with Crippen molar-refractivity contribution in [3.05, 3.63) is 59.4 Å². The van der Waals surface area contributed by atoms with Crippen LogP contribution >= 0.6 is 0 Å². The Kier molecular flexibility index (Phi) is 4.91. The highest BCUT2D eigenvalue weighted by Crippen LogP contribution is 2.26. The van der Waals surface area contributed by atoms with Gasteiger partial charge in [0.05, 0.1) is 0 Å². The van der Waals surface area contributed by atoms with Gasteiger partial charge in [-0.05, 0) is 55.1 Å². The summed E-state index contributed by atoms with van der Waals surface area (Å²) in [5, 5.41) is 3.47. The molecule has 0 aliphatic carbocycles. The van der Waals surface area contributed by atoms with Crippen LogP contribution in [0.4, 0.5) is 4.39 Å². The first kappa shape index (κ1) is 14.7. The predicted octanol–water partition coefficient (Wildman–Crippen LogP) is 4.86. The Hall–Kier alpha value is -1.67. The van der Waals surface area contributed by atoms with Gasteiger partial charge in [-0.1, -0.05) is 43.3 Å². The second-order valence-corrected chi connectivity index (χ2v) is 5.21. The molecule has 0 amide bonds. The Morgan fingerprint density at radius 1 is 1.10 bits per heavy atom. The summed E-state index contributed by atoms with van der Waals surface area (Å²) in [6.07, 6.45) is 1.13. The predicted molar refractivity (Wildman–Crippen MR) is 83.3 cm³/mol. The maximum atomic E-state index is 13.6. The summed E-state index contributed by atoms with van der Waals surface area (Å²) in [7, 11) is 0. The van der Waals surface area contributed by atoms with Crippen molar-refractivity contribution in [1.29, 1.82) is 0 Å². The molecule has 0 radical (unpaired) electrons. The van der Waals surface area contributed by atoms with Crippen LogP contribution < -0.4 is 5.32 Å². The molecule has 1 unspecified atom stereocenters. The lowest BCUT2D eigenvalue weighted by molar-refractivity contribution is 0.571. The van der Waals surface area contributed by atoms with Crippen LogP contribution in [0.3, 0.4) is 0 Å². The van der Waals surface area contributed by atoms with E-state index in [0.717, 1.165) is 24.1 Å². The van der Waals surface area contributed by atoms with E-state index in [2.05, 4.69) is 43.4 Å². The van der Waals surface area contributed by atoms with Crippen molar-refractivity contribution in [3.8, 4) is 11.1 Å². The molecular weight excluding hydrogens is 249 g/mol. The molecule has 0 heterocycles. The van der Waals surface area contributed by atoms with Crippen molar-refractivity contribution in [2.24, 2.45) is 0 Å². The number of nitrogens with one attached hydrogen (secondary N) is 1. The normalized spacial score (nSPS) is 12.4. The van der Waals surface area contributed by atoms with Gasteiger partial charge in [0.2, 0.25) is 0 Å². The second kappa shape index (κ2) is 6.67. The molecule has 20 heavy (non-hydrogen) atoms. The van der Waals surface area contributed by atoms with Gasteiger partial charge in [0.15, 0.2) is 0 Å². The molecule has 0 aromatic heterocycles. The number of halogens is 1. The third-order valence-corrected chi connectivity index (χ3v) is 3.69. The fourth-order valence-corrected chi connectivity index (χ4v) is 2.35. The van der Waals surface area contributed by atoms with Crippen LogP contribution in [0.5, 0.6) is 0 Å². The Labute approximate surface area is 120 Å². The van der Waals surface area contributed by atoms with Crippen LogP contribution in [0.2, 0.25) is 0 Å². The van der Waals surface area contributed by atoms with Gasteiger partial charge in [-0.2, -0.15) is 0 Å². The maximum Gasteiger partial charge on any atom is 0.126 e. The molecule has 0 aliphatic rings. The Balaban J connectivity index is 2.22. The molecule has 0 saturated carbocycles. The first-order valence-electron chi connectivity index (χ1n) is 7.22. The maximum absolute atomic E-state index is 13.6. The summed E-state index contributed by atoms with van der Waals surface area (Å²) in [6, 6.07) is 14.0. The molecule has 1 atom stereocenters. The van der Waals surface area contributed by atoms with Crippen LogP contribution in [0, 0.1) is 12.7 Å². The molecule has 1 nitrogen and oxygen atoms in total. The van der Waals surface area contributed by atoms with E-state index in [1.807, 2.05) is 13.0 Å². The van der Waals surface area contributed by atoms with Gasteiger partial charge in [0.25, 0.3) is 0 Å². The van der Waals surface area contributed by atoms with E-state index < -0.39 is 0 Å². The summed E-state index contributed by atoms with van der Waals surface area (Å²) >= 11 is 0. The van der Waals surface area contributed by atoms with Gasteiger partial charge < -0.3 is 5.32 Å². The minimum Gasteiger partial charge on any atom is -0.310 e. The van der Waals surface area contributed by atoms with Gasteiger partial charge in [-0.3, -0.25) is 0 Å². The summed E-state index contributed by atoms with van der Waals surface area (Å²) in [4.78, 5) is 0. The third-order valence-electron chi connectivity index (χ3n) is 3.69. The zero-order valence-corrected chi connectivity index (χ0v) is 12.4. The van der Waals surface area contributed by atoms with E-state index >= 15 is 0 Å². The highest BCUT2D eigenvalue weighted by Gasteiger charge is 2.07. The Morgan fingerprint density at radius 2 is 1.80 bits per heavy atom. The summed E-state index contributed by atoms with van der Waals surface area (Å²) < 4.78 is 13.6. The van der Waals surface area contributed by atoms with E-state index in [9.17, 15) is 4.39 Å². The topological polar surface area (TPSA) is 12.0 Å². The van der Waals surface area contributed by atoms with Crippen molar-refractivity contribution < 1.29 is 4.39 Å². The van der Waals surface area contributed by atoms with Crippen molar-refractivity contribution in [2.45, 2.75) is 33.2 Å². The molecule has 0 bridgehead atoms. The fourth-order valence-electron chi connectivity index (χ4n) is 2.35. The molecule has 0 saturated heterocycles. The quantitative estimate of drug-likeness (QED) is 0.818. The summed E-state index contributed by atoms with van der Waals surface area (Å²) in [5.41, 5.74) is 3.99. The zero-order valence-electron chi connectivity index (χ0n) is 12.4. The zero-order chi connectivity index (χ0) is 14.5. The van der Waals surface area contributed by atoms with E-state index in [4.69, 9.17) is 0 Å². The fraction of sp³-hybridized carbons (Fsp3) is 0.333. The van der Waals surface area contributed by atoms with Crippen LogP contribution in [-0.4, -0.2) is 6.54 Å². The molecular formula is C18H22FN. The minimum atomic E-state index is -0.149. The molecule has 2 heteroatoms. The van der Waals surface area contributed by atoms with Crippen LogP contribution in [0.15, 0.2) is 42.5 Å². The number of hydrogen-bond acceptors (Lipinski definition) is 1. The smallest absolute Gasteiger partial charge is 0.126 e. The summed E-state index contributed by atoms with van der Waals surface area (Å²) in [6.45, 7) is 7.17. The van der Waals surface area contributed by atoms with E-state index in [1.54, 1.807) is 6.07 Å². The van der Waals surface area contributed by atoms with Gasteiger partial charge in [-0.15, -0.1) is 0 Å². The molecule has 0 aliphatic heterocycles. The molecule has 2 aromatic rings. The SMILES string of the molecule is CCCNC(C)c1ccc(-c2cccc(F)c2C)cc1. The van der Waals surface area contributed by atoms with E-state index in [1.165, 1.54) is 11.6 Å². The summed E-state index contributed by atoms with van der Waals surface area (Å²) in [5.74, 6) is -0.149.